The van der Waals surface area contributed by atoms with E-state index in [4.69, 9.17) is 5.11 Å². The molecule has 1 N–H and O–H groups in total. The molecule has 0 bridgehead atoms. The van der Waals surface area contributed by atoms with E-state index in [0.717, 1.165) is 0 Å². The molecule has 1 rings (SSSR count). The van der Waals surface area contributed by atoms with Crippen molar-refractivity contribution in [2.75, 3.05) is 0 Å². The highest BCUT2D eigenvalue weighted by Gasteiger charge is 2.46. The summed E-state index contributed by atoms with van der Waals surface area (Å²) in [5.74, 6) is -1.57. The summed E-state index contributed by atoms with van der Waals surface area (Å²) in [6.07, 6.45) is -2.37. The lowest BCUT2D eigenvalue weighted by molar-refractivity contribution is -0.146. The van der Waals surface area contributed by atoms with Gasteiger partial charge in [-0.05, 0) is 5.92 Å². The highest BCUT2D eigenvalue weighted by atomic mass is 32.3. The van der Waals surface area contributed by atoms with Gasteiger partial charge < -0.3 is 5.11 Å². The Morgan fingerprint density at radius 3 is 2.23 bits per heavy atom. The van der Waals surface area contributed by atoms with E-state index >= 15 is 0 Å². The van der Waals surface area contributed by atoms with E-state index < -0.39 is 28.6 Å². The number of aliphatic carboxylic acids is 1. The van der Waals surface area contributed by atoms with Crippen LogP contribution in [0.3, 0.4) is 0 Å². The molecule has 0 aliphatic carbocycles. The summed E-state index contributed by atoms with van der Waals surface area (Å²) >= 11 is 0. The normalized spacial score (nSPS) is 32.2. The summed E-state index contributed by atoms with van der Waals surface area (Å²) < 4.78 is 30.2. The van der Waals surface area contributed by atoms with Crippen molar-refractivity contribution in [1.82, 2.24) is 0 Å². The van der Waals surface area contributed by atoms with Crippen molar-refractivity contribution in [3.63, 3.8) is 0 Å². The predicted octanol–water partition coefficient (Wildman–Crippen LogP) is -0.244. The Hall–Kier alpha value is -0.660. The molecule has 0 saturated carbocycles. The van der Waals surface area contributed by atoms with Gasteiger partial charge in [0.15, 0.2) is 0 Å². The molecule has 0 aromatic rings. The first-order valence-corrected chi connectivity index (χ1v) is 5.01. The van der Waals surface area contributed by atoms with Gasteiger partial charge in [0.1, 0.15) is 6.10 Å². The first-order valence-electron chi connectivity index (χ1n) is 3.68. The topological polar surface area (TPSA) is 89.9 Å². The van der Waals surface area contributed by atoms with Crippen LogP contribution in [0.4, 0.5) is 0 Å². The molecule has 2 unspecified atom stereocenters. The zero-order valence-corrected chi connectivity index (χ0v) is 7.95. The summed E-state index contributed by atoms with van der Waals surface area (Å²) in [5.41, 5.74) is 0. The van der Waals surface area contributed by atoms with Gasteiger partial charge in [0, 0.05) is 0 Å². The van der Waals surface area contributed by atoms with E-state index in [1.807, 2.05) is 0 Å². The second-order valence-corrected chi connectivity index (χ2v) is 4.27. The van der Waals surface area contributed by atoms with Gasteiger partial charge in [-0.15, -0.1) is 0 Å². The van der Waals surface area contributed by atoms with Crippen LogP contribution < -0.4 is 0 Å². The number of carbonyl (C=O) groups is 1. The molecule has 0 radical (unpaired) electrons. The van der Waals surface area contributed by atoms with E-state index in [1.165, 1.54) is 0 Å². The smallest absolute Gasteiger partial charge is 0.401 e. The van der Waals surface area contributed by atoms with E-state index in [1.54, 1.807) is 13.8 Å². The third kappa shape index (κ3) is 2.17. The minimum Gasteiger partial charge on any atom is -0.479 e. The Bertz CT molecular complexity index is 305. The van der Waals surface area contributed by atoms with Gasteiger partial charge >= 0.3 is 16.4 Å². The van der Waals surface area contributed by atoms with Crippen molar-refractivity contribution in [2.45, 2.75) is 26.1 Å². The van der Waals surface area contributed by atoms with Gasteiger partial charge in [-0.3, -0.25) is 0 Å². The van der Waals surface area contributed by atoms with E-state index in [2.05, 4.69) is 8.37 Å². The van der Waals surface area contributed by atoms with Gasteiger partial charge in [0.05, 0.1) is 0 Å². The summed E-state index contributed by atoms with van der Waals surface area (Å²) in [6, 6.07) is 0. The maximum atomic E-state index is 10.8. The predicted molar refractivity (Wildman–Crippen MR) is 41.1 cm³/mol. The molecule has 1 heterocycles. The molecule has 76 valence electrons. The first kappa shape index (κ1) is 10.4. The molecule has 0 aromatic carbocycles. The van der Waals surface area contributed by atoms with Crippen LogP contribution in [0.15, 0.2) is 0 Å². The lowest BCUT2D eigenvalue weighted by Gasteiger charge is -2.13. The standard InChI is InChI=1S/C6H10O6S/c1-3(2)4-5(6(7)8)12-13(9,10)11-4/h3-5H,1-2H3,(H,7,8). The first-order chi connectivity index (χ1) is 5.83. The van der Waals surface area contributed by atoms with E-state index in [0.29, 0.717) is 0 Å². The molecule has 1 saturated heterocycles. The SMILES string of the molecule is CC(C)C1OS(=O)(=O)OC1C(=O)O. The van der Waals surface area contributed by atoms with Crippen molar-refractivity contribution >= 4 is 16.4 Å². The second kappa shape index (κ2) is 3.24. The van der Waals surface area contributed by atoms with Crippen LogP contribution in [0.25, 0.3) is 0 Å². The van der Waals surface area contributed by atoms with Gasteiger partial charge in [0.2, 0.25) is 6.10 Å². The van der Waals surface area contributed by atoms with Crippen molar-refractivity contribution in [2.24, 2.45) is 5.92 Å². The van der Waals surface area contributed by atoms with Crippen molar-refractivity contribution in [3.05, 3.63) is 0 Å². The summed E-state index contributed by atoms with van der Waals surface area (Å²) in [6.45, 7) is 3.32. The lowest BCUT2D eigenvalue weighted by Crippen LogP contribution is -2.34. The van der Waals surface area contributed by atoms with Crippen molar-refractivity contribution < 1.29 is 26.7 Å². The van der Waals surface area contributed by atoms with E-state index in [9.17, 15) is 13.2 Å². The van der Waals surface area contributed by atoms with Crippen LogP contribution in [-0.2, 0) is 23.6 Å². The van der Waals surface area contributed by atoms with Crippen LogP contribution in [0, 0.1) is 5.92 Å². The molecule has 0 amide bonds. The summed E-state index contributed by atoms with van der Waals surface area (Å²) in [4.78, 5) is 10.5. The van der Waals surface area contributed by atoms with Crippen molar-refractivity contribution in [3.8, 4) is 0 Å². The second-order valence-electron chi connectivity index (χ2n) is 3.07. The minimum absolute atomic E-state index is 0.238. The Labute approximate surface area is 75.8 Å². The largest absolute Gasteiger partial charge is 0.479 e. The van der Waals surface area contributed by atoms with Crippen LogP contribution in [0.1, 0.15) is 13.8 Å². The van der Waals surface area contributed by atoms with Crippen molar-refractivity contribution in [1.29, 1.82) is 0 Å². The number of hydrogen-bond donors (Lipinski definition) is 1. The van der Waals surface area contributed by atoms with Gasteiger partial charge in [-0.25, -0.2) is 13.2 Å². The molecule has 7 heteroatoms. The van der Waals surface area contributed by atoms with Gasteiger partial charge in [0.25, 0.3) is 0 Å². The molecule has 0 aromatic heterocycles. The molecule has 13 heavy (non-hydrogen) atoms. The lowest BCUT2D eigenvalue weighted by atomic mass is 10.0. The summed E-state index contributed by atoms with van der Waals surface area (Å²) in [7, 11) is -4.12. The molecule has 1 aliphatic rings. The fraction of sp³-hybridized carbons (Fsp3) is 0.833. The minimum atomic E-state index is -4.12. The van der Waals surface area contributed by atoms with Crippen LogP contribution in [0.5, 0.6) is 0 Å². The molecular formula is C6H10O6S. The Kier molecular flexibility index (Phi) is 2.60. The molecular weight excluding hydrogens is 200 g/mol. The quantitative estimate of drug-likeness (QED) is 0.676. The Morgan fingerprint density at radius 2 is 1.92 bits per heavy atom. The third-order valence-electron chi connectivity index (χ3n) is 1.65. The van der Waals surface area contributed by atoms with Gasteiger partial charge in [-0.2, -0.15) is 8.42 Å². The highest BCUT2D eigenvalue weighted by molar-refractivity contribution is 7.82. The molecule has 0 spiro atoms. The van der Waals surface area contributed by atoms with Crippen LogP contribution in [0.2, 0.25) is 0 Å². The maximum absolute atomic E-state index is 10.8. The maximum Gasteiger partial charge on any atom is 0.401 e. The van der Waals surface area contributed by atoms with Crippen LogP contribution in [-0.4, -0.2) is 31.7 Å². The number of rotatable bonds is 2. The molecule has 1 fully saturated rings. The molecule has 6 nitrogen and oxygen atoms in total. The zero-order chi connectivity index (χ0) is 10.2. The fourth-order valence-corrected chi connectivity index (χ4v) is 2.12. The van der Waals surface area contributed by atoms with Gasteiger partial charge in [-0.1, -0.05) is 13.8 Å². The number of hydrogen-bond acceptors (Lipinski definition) is 5. The molecule has 2 atom stereocenters. The number of carboxylic acid groups (broad SMARTS) is 1. The fourth-order valence-electron chi connectivity index (χ4n) is 1.03. The summed E-state index contributed by atoms with van der Waals surface area (Å²) in [5, 5.41) is 8.60. The average molecular weight is 210 g/mol. The Morgan fingerprint density at radius 1 is 1.38 bits per heavy atom. The third-order valence-corrected chi connectivity index (χ3v) is 2.55. The zero-order valence-electron chi connectivity index (χ0n) is 7.13. The monoisotopic (exact) mass is 210 g/mol. The number of carboxylic acids is 1. The Balaban J connectivity index is 2.90. The molecule has 1 aliphatic heterocycles. The van der Waals surface area contributed by atoms with Crippen LogP contribution >= 0.6 is 0 Å². The average Bonchev–Trinajstić information content (AvgIpc) is 2.26. The highest BCUT2D eigenvalue weighted by Crippen LogP contribution is 2.26. The van der Waals surface area contributed by atoms with E-state index in [-0.39, 0.29) is 5.92 Å².